The Bertz CT molecular complexity index is 636. The lowest BCUT2D eigenvalue weighted by Gasteiger charge is -2.30. The molecule has 1 aliphatic carbocycles. The van der Waals surface area contributed by atoms with Gasteiger partial charge in [-0.2, -0.15) is 0 Å². The number of rotatable bonds is 2. The molecule has 21 heavy (non-hydrogen) atoms. The average Bonchev–Trinajstić information content (AvgIpc) is 2.91. The summed E-state index contributed by atoms with van der Waals surface area (Å²) in [6, 6.07) is 8.73. The summed E-state index contributed by atoms with van der Waals surface area (Å²) in [6.07, 6.45) is 3.31. The SMILES string of the molecule is CC(C)(C)n1c(CN)nnc1C1CCc2ccccc2C1. The van der Waals surface area contributed by atoms with Gasteiger partial charge in [-0.05, 0) is 51.2 Å². The van der Waals surface area contributed by atoms with Crippen LogP contribution in [-0.4, -0.2) is 14.8 Å². The number of aryl methyl sites for hydroxylation is 1. The number of hydrogen-bond donors (Lipinski definition) is 1. The van der Waals surface area contributed by atoms with Crippen LogP contribution in [0.2, 0.25) is 0 Å². The zero-order valence-electron chi connectivity index (χ0n) is 13.1. The van der Waals surface area contributed by atoms with Gasteiger partial charge in [-0.25, -0.2) is 0 Å². The van der Waals surface area contributed by atoms with E-state index in [9.17, 15) is 0 Å². The van der Waals surface area contributed by atoms with Crippen molar-refractivity contribution in [3.8, 4) is 0 Å². The Kier molecular flexibility index (Phi) is 3.57. The summed E-state index contributed by atoms with van der Waals surface area (Å²) in [5.74, 6) is 2.42. The van der Waals surface area contributed by atoms with Gasteiger partial charge >= 0.3 is 0 Å². The minimum Gasteiger partial charge on any atom is -0.324 e. The summed E-state index contributed by atoms with van der Waals surface area (Å²) >= 11 is 0. The molecular formula is C17H24N4. The highest BCUT2D eigenvalue weighted by molar-refractivity contribution is 5.31. The highest BCUT2D eigenvalue weighted by atomic mass is 15.3. The Balaban J connectivity index is 1.98. The van der Waals surface area contributed by atoms with Crippen LogP contribution >= 0.6 is 0 Å². The molecule has 1 aromatic heterocycles. The van der Waals surface area contributed by atoms with Crippen molar-refractivity contribution < 1.29 is 0 Å². The molecule has 1 atom stereocenters. The maximum Gasteiger partial charge on any atom is 0.147 e. The number of fused-ring (bicyclic) bond motifs is 1. The van der Waals surface area contributed by atoms with E-state index in [-0.39, 0.29) is 5.54 Å². The smallest absolute Gasteiger partial charge is 0.147 e. The number of nitrogens with zero attached hydrogens (tertiary/aromatic N) is 3. The lowest BCUT2D eigenvalue weighted by atomic mass is 9.83. The van der Waals surface area contributed by atoms with E-state index in [1.54, 1.807) is 0 Å². The minimum atomic E-state index is -0.0372. The van der Waals surface area contributed by atoms with E-state index in [1.165, 1.54) is 11.1 Å². The summed E-state index contributed by atoms with van der Waals surface area (Å²) in [5, 5.41) is 8.80. The molecular weight excluding hydrogens is 260 g/mol. The number of benzene rings is 1. The third-order valence-electron chi connectivity index (χ3n) is 4.32. The summed E-state index contributed by atoms with van der Waals surface area (Å²) in [7, 11) is 0. The van der Waals surface area contributed by atoms with Crippen LogP contribution in [0.3, 0.4) is 0 Å². The molecule has 1 unspecified atom stereocenters. The van der Waals surface area contributed by atoms with Gasteiger partial charge in [0, 0.05) is 11.5 Å². The molecule has 2 N–H and O–H groups in total. The van der Waals surface area contributed by atoms with Gasteiger partial charge in [0.05, 0.1) is 6.54 Å². The van der Waals surface area contributed by atoms with Gasteiger partial charge in [0.15, 0.2) is 0 Å². The molecule has 112 valence electrons. The van der Waals surface area contributed by atoms with Gasteiger partial charge in [0.1, 0.15) is 11.6 Å². The first-order chi connectivity index (χ1) is 10.0. The van der Waals surface area contributed by atoms with E-state index in [4.69, 9.17) is 5.73 Å². The van der Waals surface area contributed by atoms with Crippen molar-refractivity contribution >= 4 is 0 Å². The van der Waals surface area contributed by atoms with E-state index < -0.39 is 0 Å². The first-order valence-corrected chi connectivity index (χ1v) is 7.72. The van der Waals surface area contributed by atoms with Gasteiger partial charge in [-0.15, -0.1) is 10.2 Å². The Labute approximate surface area is 126 Å². The second-order valence-electron chi connectivity index (χ2n) is 6.89. The van der Waals surface area contributed by atoms with Crippen molar-refractivity contribution in [2.45, 2.75) is 58.0 Å². The number of aromatic nitrogens is 3. The fraction of sp³-hybridized carbons (Fsp3) is 0.529. The van der Waals surface area contributed by atoms with Crippen LogP contribution in [0.1, 0.15) is 55.9 Å². The molecule has 1 heterocycles. The van der Waals surface area contributed by atoms with E-state index in [2.05, 4.69) is 59.8 Å². The second-order valence-corrected chi connectivity index (χ2v) is 6.89. The van der Waals surface area contributed by atoms with Crippen LogP contribution in [0.25, 0.3) is 0 Å². The molecule has 0 radical (unpaired) electrons. The fourth-order valence-electron chi connectivity index (χ4n) is 3.38. The molecule has 4 heteroatoms. The summed E-state index contributed by atoms with van der Waals surface area (Å²) in [5.41, 5.74) is 8.74. The standard InChI is InChI=1S/C17H24N4/c1-17(2,3)21-15(11-18)19-20-16(21)14-9-8-12-6-4-5-7-13(12)10-14/h4-7,14H,8-11,18H2,1-3H3. The Morgan fingerprint density at radius 1 is 1.19 bits per heavy atom. The maximum atomic E-state index is 5.84. The molecule has 1 aromatic carbocycles. The summed E-state index contributed by atoms with van der Waals surface area (Å²) in [6.45, 7) is 7.01. The largest absolute Gasteiger partial charge is 0.324 e. The van der Waals surface area contributed by atoms with Crippen LogP contribution in [0, 0.1) is 0 Å². The average molecular weight is 284 g/mol. The van der Waals surface area contributed by atoms with E-state index in [0.717, 1.165) is 30.9 Å². The molecule has 1 aliphatic rings. The van der Waals surface area contributed by atoms with Crippen LogP contribution in [-0.2, 0) is 24.9 Å². The number of hydrogen-bond acceptors (Lipinski definition) is 3. The van der Waals surface area contributed by atoms with Gasteiger partial charge in [0.25, 0.3) is 0 Å². The van der Waals surface area contributed by atoms with E-state index in [1.807, 2.05) is 0 Å². The van der Waals surface area contributed by atoms with Crippen molar-refractivity contribution in [3.63, 3.8) is 0 Å². The summed E-state index contributed by atoms with van der Waals surface area (Å²) < 4.78 is 2.24. The van der Waals surface area contributed by atoms with Gasteiger partial charge in [-0.1, -0.05) is 24.3 Å². The van der Waals surface area contributed by atoms with Crippen molar-refractivity contribution in [2.75, 3.05) is 0 Å². The third kappa shape index (κ3) is 2.60. The van der Waals surface area contributed by atoms with Gasteiger partial charge < -0.3 is 10.3 Å². The molecule has 0 bridgehead atoms. The molecule has 0 amide bonds. The molecule has 0 spiro atoms. The molecule has 4 nitrogen and oxygen atoms in total. The van der Waals surface area contributed by atoms with Crippen molar-refractivity contribution in [2.24, 2.45) is 5.73 Å². The Morgan fingerprint density at radius 3 is 2.57 bits per heavy atom. The van der Waals surface area contributed by atoms with Crippen LogP contribution in [0.15, 0.2) is 24.3 Å². The lowest BCUT2D eigenvalue weighted by molar-refractivity contribution is 0.353. The zero-order chi connectivity index (χ0) is 15.0. The van der Waals surface area contributed by atoms with Crippen LogP contribution < -0.4 is 5.73 Å². The van der Waals surface area contributed by atoms with Crippen molar-refractivity contribution in [1.29, 1.82) is 0 Å². The Hall–Kier alpha value is -1.68. The topological polar surface area (TPSA) is 56.7 Å². The first kappa shape index (κ1) is 14.3. The second kappa shape index (κ2) is 5.26. The molecule has 0 fully saturated rings. The third-order valence-corrected chi connectivity index (χ3v) is 4.32. The summed E-state index contributed by atoms with van der Waals surface area (Å²) in [4.78, 5) is 0. The predicted octanol–water partition coefficient (Wildman–Crippen LogP) is 2.76. The predicted molar refractivity (Wildman–Crippen MR) is 84.1 cm³/mol. The quantitative estimate of drug-likeness (QED) is 0.922. The highest BCUT2D eigenvalue weighted by Gasteiger charge is 2.29. The zero-order valence-corrected chi connectivity index (χ0v) is 13.1. The van der Waals surface area contributed by atoms with Gasteiger partial charge in [0.2, 0.25) is 0 Å². The molecule has 0 aliphatic heterocycles. The van der Waals surface area contributed by atoms with Gasteiger partial charge in [-0.3, -0.25) is 0 Å². The van der Waals surface area contributed by atoms with Crippen molar-refractivity contribution in [1.82, 2.24) is 14.8 Å². The highest BCUT2D eigenvalue weighted by Crippen LogP contribution is 2.34. The van der Waals surface area contributed by atoms with Crippen LogP contribution in [0.4, 0.5) is 0 Å². The monoisotopic (exact) mass is 284 g/mol. The molecule has 0 saturated heterocycles. The maximum absolute atomic E-state index is 5.84. The Morgan fingerprint density at radius 2 is 1.90 bits per heavy atom. The first-order valence-electron chi connectivity index (χ1n) is 7.72. The normalized spacial score (nSPS) is 18.6. The van der Waals surface area contributed by atoms with E-state index >= 15 is 0 Å². The number of nitrogens with two attached hydrogens (primary N) is 1. The molecule has 0 saturated carbocycles. The van der Waals surface area contributed by atoms with E-state index in [0.29, 0.717) is 12.5 Å². The van der Waals surface area contributed by atoms with Crippen LogP contribution in [0.5, 0.6) is 0 Å². The lowest BCUT2D eigenvalue weighted by Crippen LogP contribution is -2.29. The van der Waals surface area contributed by atoms with Crippen molar-refractivity contribution in [3.05, 3.63) is 47.0 Å². The molecule has 3 rings (SSSR count). The molecule has 2 aromatic rings. The minimum absolute atomic E-state index is 0.0372. The fourth-order valence-corrected chi connectivity index (χ4v) is 3.38.